The number of piperazine rings is 1. The summed E-state index contributed by atoms with van der Waals surface area (Å²) in [4.78, 5) is 27.3. The molecule has 6 nitrogen and oxygen atoms in total. The SMILES string of the molecule is Cc1cccc(N2CCN(C(=O)C3COC(=O)N3)CC2)c1. The van der Waals surface area contributed by atoms with Crippen LogP contribution in [0.5, 0.6) is 0 Å². The molecule has 0 saturated carbocycles. The highest BCUT2D eigenvalue weighted by atomic mass is 16.6. The van der Waals surface area contributed by atoms with Gasteiger partial charge in [0.05, 0.1) is 0 Å². The molecule has 1 aromatic carbocycles. The number of ether oxygens (including phenoxy) is 1. The van der Waals surface area contributed by atoms with E-state index in [1.807, 2.05) is 6.07 Å². The molecule has 2 saturated heterocycles. The number of carbonyl (C=O) groups is 2. The smallest absolute Gasteiger partial charge is 0.407 e. The molecule has 3 rings (SSSR count). The Morgan fingerprint density at radius 2 is 2.05 bits per heavy atom. The van der Waals surface area contributed by atoms with Crippen LogP contribution in [-0.4, -0.2) is 55.7 Å². The molecule has 2 fully saturated rings. The van der Waals surface area contributed by atoms with Gasteiger partial charge in [-0.25, -0.2) is 4.79 Å². The average molecular weight is 289 g/mol. The van der Waals surface area contributed by atoms with Crippen molar-refractivity contribution >= 4 is 17.7 Å². The molecule has 0 aromatic heterocycles. The first kappa shape index (κ1) is 13.7. The van der Waals surface area contributed by atoms with Crippen LogP contribution in [0.15, 0.2) is 24.3 Å². The lowest BCUT2D eigenvalue weighted by atomic mass is 10.2. The van der Waals surface area contributed by atoms with Gasteiger partial charge < -0.3 is 19.9 Å². The Hall–Kier alpha value is -2.24. The molecule has 112 valence electrons. The van der Waals surface area contributed by atoms with Crippen molar-refractivity contribution in [2.75, 3.05) is 37.7 Å². The van der Waals surface area contributed by atoms with Crippen molar-refractivity contribution in [1.29, 1.82) is 0 Å². The number of cyclic esters (lactones) is 1. The molecule has 21 heavy (non-hydrogen) atoms. The maximum atomic E-state index is 12.3. The fourth-order valence-corrected chi connectivity index (χ4v) is 2.75. The van der Waals surface area contributed by atoms with Gasteiger partial charge in [-0.2, -0.15) is 0 Å². The molecular weight excluding hydrogens is 270 g/mol. The van der Waals surface area contributed by atoms with Gasteiger partial charge in [-0.15, -0.1) is 0 Å². The van der Waals surface area contributed by atoms with Gasteiger partial charge in [0.1, 0.15) is 12.6 Å². The van der Waals surface area contributed by atoms with Crippen LogP contribution in [0.1, 0.15) is 5.56 Å². The summed E-state index contributed by atoms with van der Waals surface area (Å²) in [6.07, 6.45) is -0.508. The summed E-state index contributed by atoms with van der Waals surface area (Å²) < 4.78 is 4.77. The Morgan fingerprint density at radius 1 is 1.29 bits per heavy atom. The van der Waals surface area contributed by atoms with Crippen LogP contribution in [0.2, 0.25) is 0 Å². The lowest BCUT2D eigenvalue weighted by molar-refractivity contribution is -0.133. The molecule has 2 amide bonds. The Labute approximate surface area is 123 Å². The van der Waals surface area contributed by atoms with Gasteiger partial charge in [-0.3, -0.25) is 4.79 Å². The normalized spacial score (nSPS) is 22.0. The number of hydrogen-bond acceptors (Lipinski definition) is 4. The van der Waals surface area contributed by atoms with E-state index in [0.717, 1.165) is 13.1 Å². The lowest BCUT2D eigenvalue weighted by Gasteiger charge is -2.37. The van der Waals surface area contributed by atoms with Gasteiger partial charge >= 0.3 is 6.09 Å². The first-order valence-corrected chi connectivity index (χ1v) is 7.17. The van der Waals surface area contributed by atoms with E-state index in [2.05, 4.69) is 35.3 Å². The van der Waals surface area contributed by atoms with Gasteiger partial charge in [-0.05, 0) is 24.6 Å². The average Bonchev–Trinajstić information content (AvgIpc) is 2.93. The predicted octanol–water partition coefficient (Wildman–Crippen LogP) is 0.752. The first-order chi connectivity index (χ1) is 10.1. The maximum absolute atomic E-state index is 12.3. The van der Waals surface area contributed by atoms with Crippen molar-refractivity contribution < 1.29 is 14.3 Å². The van der Waals surface area contributed by atoms with Gasteiger partial charge in [-0.1, -0.05) is 12.1 Å². The first-order valence-electron chi connectivity index (χ1n) is 7.17. The van der Waals surface area contributed by atoms with E-state index in [4.69, 9.17) is 4.74 Å². The van der Waals surface area contributed by atoms with Crippen molar-refractivity contribution in [1.82, 2.24) is 10.2 Å². The van der Waals surface area contributed by atoms with Gasteiger partial charge in [0.25, 0.3) is 0 Å². The molecule has 2 heterocycles. The highest BCUT2D eigenvalue weighted by Crippen LogP contribution is 2.18. The topological polar surface area (TPSA) is 61.9 Å². The predicted molar refractivity (Wildman–Crippen MR) is 78.2 cm³/mol. The minimum absolute atomic E-state index is 0.0512. The van der Waals surface area contributed by atoms with E-state index in [-0.39, 0.29) is 12.5 Å². The molecule has 1 N–H and O–H groups in total. The number of hydrogen-bond donors (Lipinski definition) is 1. The molecule has 0 aliphatic carbocycles. The number of alkyl carbamates (subject to hydrolysis) is 1. The molecule has 1 unspecified atom stereocenters. The third-order valence-electron chi connectivity index (χ3n) is 3.93. The molecule has 1 aromatic rings. The van der Waals surface area contributed by atoms with E-state index in [1.165, 1.54) is 11.3 Å². The van der Waals surface area contributed by atoms with Gasteiger partial charge in [0, 0.05) is 31.9 Å². The summed E-state index contributed by atoms with van der Waals surface area (Å²) in [7, 11) is 0. The summed E-state index contributed by atoms with van der Waals surface area (Å²) in [6, 6.07) is 7.85. The van der Waals surface area contributed by atoms with E-state index in [9.17, 15) is 9.59 Å². The Bertz CT molecular complexity index is 553. The zero-order valence-corrected chi connectivity index (χ0v) is 12.0. The molecule has 2 aliphatic heterocycles. The van der Waals surface area contributed by atoms with Gasteiger partial charge in [0.15, 0.2) is 0 Å². The maximum Gasteiger partial charge on any atom is 0.407 e. The second kappa shape index (κ2) is 5.63. The fourth-order valence-electron chi connectivity index (χ4n) is 2.75. The van der Waals surface area contributed by atoms with Crippen molar-refractivity contribution in [3.05, 3.63) is 29.8 Å². The van der Waals surface area contributed by atoms with Crippen molar-refractivity contribution in [2.24, 2.45) is 0 Å². The number of anilines is 1. The second-order valence-electron chi connectivity index (χ2n) is 5.45. The third kappa shape index (κ3) is 2.94. The minimum atomic E-state index is -0.525. The van der Waals surface area contributed by atoms with Crippen molar-refractivity contribution in [2.45, 2.75) is 13.0 Å². The molecule has 2 aliphatic rings. The number of rotatable bonds is 2. The Morgan fingerprint density at radius 3 is 2.67 bits per heavy atom. The van der Waals surface area contributed by atoms with Crippen molar-refractivity contribution in [3.8, 4) is 0 Å². The van der Waals surface area contributed by atoms with Crippen LogP contribution in [0.3, 0.4) is 0 Å². The summed E-state index contributed by atoms with van der Waals surface area (Å²) in [5, 5.41) is 2.54. The summed E-state index contributed by atoms with van der Waals surface area (Å²) in [5.41, 5.74) is 2.43. The van der Waals surface area contributed by atoms with E-state index in [0.29, 0.717) is 13.1 Å². The monoisotopic (exact) mass is 289 g/mol. The molecule has 6 heteroatoms. The van der Waals surface area contributed by atoms with Crippen LogP contribution in [0, 0.1) is 6.92 Å². The van der Waals surface area contributed by atoms with Crippen molar-refractivity contribution in [3.63, 3.8) is 0 Å². The van der Waals surface area contributed by atoms with Crippen LogP contribution >= 0.6 is 0 Å². The fraction of sp³-hybridized carbons (Fsp3) is 0.467. The van der Waals surface area contributed by atoms with Crippen LogP contribution in [0.25, 0.3) is 0 Å². The zero-order chi connectivity index (χ0) is 14.8. The highest BCUT2D eigenvalue weighted by Gasteiger charge is 2.33. The van der Waals surface area contributed by atoms with Crippen LogP contribution in [0.4, 0.5) is 10.5 Å². The number of amides is 2. The van der Waals surface area contributed by atoms with Crippen LogP contribution in [-0.2, 0) is 9.53 Å². The zero-order valence-electron chi connectivity index (χ0n) is 12.0. The number of benzene rings is 1. The van der Waals surface area contributed by atoms with E-state index >= 15 is 0 Å². The standard InChI is InChI=1S/C15H19N3O3/c1-11-3-2-4-12(9-11)17-5-7-18(8-6-17)14(19)13-10-21-15(20)16-13/h2-4,9,13H,5-8,10H2,1H3,(H,16,20). The molecule has 0 radical (unpaired) electrons. The van der Waals surface area contributed by atoms with E-state index in [1.54, 1.807) is 4.90 Å². The van der Waals surface area contributed by atoms with Gasteiger partial charge in [0.2, 0.25) is 5.91 Å². The Balaban J connectivity index is 1.57. The molecule has 1 atom stereocenters. The third-order valence-corrected chi connectivity index (χ3v) is 3.93. The number of nitrogens with one attached hydrogen (secondary N) is 1. The largest absolute Gasteiger partial charge is 0.447 e. The second-order valence-corrected chi connectivity index (χ2v) is 5.45. The molecule has 0 bridgehead atoms. The summed E-state index contributed by atoms with van der Waals surface area (Å²) >= 11 is 0. The van der Waals surface area contributed by atoms with Crippen LogP contribution < -0.4 is 10.2 Å². The Kier molecular flexibility index (Phi) is 3.68. The minimum Gasteiger partial charge on any atom is -0.447 e. The number of aryl methyl sites for hydroxylation is 1. The molecule has 0 spiro atoms. The summed E-state index contributed by atoms with van der Waals surface area (Å²) in [5.74, 6) is -0.0512. The summed E-state index contributed by atoms with van der Waals surface area (Å²) in [6.45, 7) is 5.15. The highest BCUT2D eigenvalue weighted by molar-refractivity contribution is 5.88. The molecular formula is C15H19N3O3. The number of carbonyl (C=O) groups excluding carboxylic acids is 2. The quantitative estimate of drug-likeness (QED) is 0.873. The lowest BCUT2D eigenvalue weighted by Crippen LogP contribution is -2.53. The number of nitrogens with zero attached hydrogens (tertiary/aromatic N) is 2. The van der Waals surface area contributed by atoms with E-state index < -0.39 is 12.1 Å².